The normalized spacial score (nSPS) is 11.1. The van der Waals surface area contributed by atoms with Crippen molar-refractivity contribution in [1.29, 1.82) is 0 Å². The summed E-state index contributed by atoms with van der Waals surface area (Å²) in [6, 6.07) is 7.66. The third-order valence-corrected chi connectivity index (χ3v) is 2.62. The molecule has 8 heteroatoms. The third-order valence-electron chi connectivity index (χ3n) is 2.62. The van der Waals surface area contributed by atoms with Gasteiger partial charge in [-0.3, -0.25) is 4.79 Å². The Bertz CT molecular complexity index is 680. The molecule has 2 N–H and O–H groups in total. The largest absolute Gasteiger partial charge is 0.471 e. The van der Waals surface area contributed by atoms with Crippen molar-refractivity contribution in [2.75, 3.05) is 10.6 Å². The molecule has 0 spiro atoms. The quantitative estimate of drug-likeness (QED) is 0.912. The van der Waals surface area contributed by atoms with Crippen LogP contribution in [0.2, 0.25) is 0 Å². The van der Waals surface area contributed by atoms with Crippen LogP contribution in [0.1, 0.15) is 11.4 Å². The first kappa shape index (κ1) is 15.7. The number of nitrogens with zero attached hydrogens (tertiary/aromatic N) is 2. The van der Waals surface area contributed by atoms with Gasteiger partial charge >= 0.3 is 12.1 Å². The number of benzene rings is 1. The van der Waals surface area contributed by atoms with Gasteiger partial charge in [0.15, 0.2) is 0 Å². The summed E-state index contributed by atoms with van der Waals surface area (Å²) in [4.78, 5) is 19.3. The first-order chi connectivity index (χ1) is 10.2. The molecule has 1 amide bonds. The molecule has 116 valence electrons. The van der Waals surface area contributed by atoms with Gasteiger partial charge < -0.3 is 10.6 Å². The van der Waals surface area contributed by atoms with Crippen molar-refractivity contribution in [3.8, 4) is 0 Å². The van der Waals surface area contributed by atoms with Crippen LogP contribution in [0.4, 0.5) is 30.5 Å². The van der Waals surface area contributed by atoms with Crippen LogP contribution in [0.3, 0.4) is 0 Å². The van der Waals surface area contributed by atoms with Gasteiger partial charge in [-0.1, -0.05) is 6.07 Å². The fourth-order valence-corrected chi connectivity index (χ4v) is 1.79. The van der Waals surface area contributed by atoms with Crippen LogP contribution in [0, 0.1) is 13.8 Å². The Morgan fingerprint density at radius 2 is 1.64 bits per heavy atom. The molecule has 0 aliphatic carbocycles. The molecule has 1 aromatic heterocycles. The van der Waals surface area contributed by atoms with Crippen LogP contribution >= 0.6 is 0 Å². The highest BCUT2D eigenvalue weighted by molar-refractivity contribution is 5.95. The summed E-state index contributed by atoms with van der Waals surface area (Å²) < 4.78 is 36.7. The predicted octanol–water partition coefficient (Wildman–Crippen LogP) is 3.34. The maximum Gasteiger partial charge on any atom is 0.471 e. The minimum absolute atomic E-state index is 0.0247. The van der Waals surface area contributed by atoms with Crippen molar-refractivity contribution >= 4 is 23.2 Å². The molecule has 0 unspecified atom stereocenters. The Morgan fingerprint density at radius 1 is 1.05 bits per heavy atom. The lowest BCUT2D eigenvalue weighted by molar-refractivity contribution is -0.167. The van der Waals surface area contributed by atoms with E-state index in [0.717, 1.165) is 11.4 Å². The average molecular weight is 310 g/mol. The lowest BCUT2D eigenvalue weighted by Gasteiger charge is -2.10. The van der Waals surface area contributed by atoms with Crippen molar-refractivity contribution in [2.45, 2.75) is 20.0 Å². The lowest BCUT2D eigenvalue weighted by atomic mass is 10.2. The summed E-state index contributed by atoms with van der Waals surface area (Å²) in [5.41, 5.74) is 2.01. The molecular weight excluding hydrogens is 297 g/mol. The number of amides is 1. The van der Waals surface area contributed by atoms with Crippen LogP contribution in [-0.4, -0.2) is 22.1 Å². The fourth-order valence-electron chi connectivity index (χ4n) is 1.79. The third kappa shape index (κ3) is 4.18. The number of hydrogen-bond donors (Lipinski definition) is 2. The van der Waals surface area contributed by atoms with Gasteiger partial charge in [0.05, 0.1) is 0 Å². The molecule has 0 saturated heterocycles. The van der Waals surface area contributed by atoms with E-state index in [9.17, 15) is 18.0 Å². The first-order valence-corrected chi connectivity index (χ1v) is 6.31. The number of hydrogen-bond acceptors (Lipinski definition) is 4. The van der Waals surface area contributed by atoms with E-state index in [-0.39, 0.29) is 5.69 Å². The highest BCUT2D eigenvalue weighted by Crippen LogP contribution is 2.21. The van der Waals surface area contributed by atoms with Crippen molar-refractivity contribution in [2.24, 2.45) is 0 Å². The van der Waals surface area contributed by atoms with E-state index in [2.05, 4.69) is 15.3 Å². The lowest BCUT2D eigenvalue weighted by Crippen LogP contribution is -2.29. The molecule has 0 aliphatic rings. The van der Waals surface area contributed by atoms with Crippen molar-refractivity contribution in [3.05, 3.63) is 41.7 Å². The van der Waals surface area contributed by atoms with E-state index in [1.807, 2.05) is 0 Å². The monoisotopic (exact) mass is 310 g/mol. The Labute approximate surface area is 124 Å². The van der Waals surface area contributed by atoms with E-state index >= 15 is 0 Å². The number of carbonyl (C=O) groups excluding carboxylic acids is 1. The number of carbonyl (C=O) groups is 1. The molecule has 0 saturated carbocycles. The van der Waals surface area contributed by atoms with Gasteiger partial charge in [-0.25, -0.2) is 9.97 Å². The van der Waals surface area contributed by atoms with E-state index in [0.29, 0.717) is 11.6 Å². The average Bonchev–Trinajstić information content (AvgIpc) is 2.36. The number of halogens is 3. The molecule has 22 heavy (non-hydrogen) atoms. The number of aryl methyl sites for hydroxylation is 2. The number of alkyl halides is 3. The van der Waals surface area contributed by atoms with Gasteiger partial charge in [0, 0.05) is 22.8 Å². The van der Waals surface area contributed by atoms with Crippen molar-refractivity contribution in [3.63, 3.8) is 0 Å². The molecule has 0 radical (unpaired) electrons. The standard InChI is InChI=1S/C14H13F3N4O/c1-8-6-9(2)19-13(18-8)21-11-5-3-4-10(7-11)20-12(22)14(15,16)17/h3-7H,1-2H3,(H,20,22)(H,18,19,21). The van der Waals surface area contributed by atoms with Gasteiger partial charge in [0.25, 0.3) is 0 Å². The molecule has 1 aromatic carbocycles. The molecule has 0 bridgehead atoms. The Hall–Kier alpha value is -2.64. The van der Waals surface area contributed by atoms with Crippen molar-refractivity contribution in [1.82, 2.24) is 9.97 Å². The fraction of sp³-hybridized carbons (Fsp3) is 0.214. The summed E-state index contributed by atoms with van der Waals surface area (Å²) in [5, 5.41) is 4.67. The number of aromatic nitrogens is 2. The zero-order valence-corrected chi connectivity index (χ0v) is 11.8. The predicted molar refractivity (Wildman–Crippen MR) is 75.9 cm³/mol. The van der Waals surface area contributed by atoms with Crippen LogP contribution < -0.4 is 10.6 Å². The minimum Gasteiger partial charge on any atom is -0.324 e. The molecule has 0 fully saturated rings. The molecule has 2 rings (SSSR count). The highest BCUT2D eigenvalue weighted by atomic mass is 19.4. The van der Waals surface area contributed by atoms with Crippen LogP contribution in [-0.2, 0) is 4.79 Å². The van der Waals surface area contributed by atoms with E-state index in [4.69, 9.17) is 0 Å². The molecule has 0 aliphatic heterocycles. The Kier molecular flexibility index (Phi) is 4.30. The zero-order valence-electron chi connectivity index (χ0n) is 11.8. The topological polar surface area (TPSA) is 66.9 Å². The maximum absolute atomic E-state index is 12.2. The van der Waals surface area contributed by atoms with Crippen LogP contribution in [0.25, 0.3) is 0 Å². The zero-order chi connectivity index (χ0) is 16.3. The molecule has 2 aromatic rings. The number of anilines is 3. The van der Waals surface area contributed by atoms with Crippen molar-refractivity contribution < 1.29 is 18.0 Å². The van der Waals surface area contributed by atoms with Gasteiger partial charge in [0.2, 0.25) is 5.95 Å². The number of nitrogens with one attached hydrogen (secondary N) is 2. The summed E-state index contributed by atoms with van der Waals surface area (Å²) in [6.45, 7) is 3.61. The Balaban J connectivity index is 2.16. The second kappa shape index (κ2) is 6.00. The van der Waals surface area contributed by atoms with Gasteiger partial charge in [-0.2, -0.15) is 13.2 Å². The number of rotatable bonds is 3. The van der Waals surface area contributed by atoms with Gasteiger partial charge in [0.1, 0.15) is 0 Å². The minimum atomic E-state index is -4.93. The van der Waals surface area contributed by atoms with Crippen LogP contribution in [0.5, 0.6) is 0 Å². The highest BCUT2D eigenvalue weighted by Gasteiger charge is 2.38. The molecular formula is C14H13F3N4O. The van der Waals surface area contributed by atoms with Crippen LogP contribution in [0.15, 0.2) is 30.3 Å². The Morgan fingerprint density at radius 3 is 2.23 bits per heavy atom. The smallest absolute Gasteiger partial charge is 0.324 e. The van der Waals surface area contributed by atoms with E-state index in [1.165, 1.54) is 18.2 Å². The molecule has 1 heterocycles. The summed E-state index contributed by atoms with van der Waals surface area (Å²) in [5.74, 6) is -1.69. The molecule has 5 nitrogen and oxygen atoms in total. The van der Waals surface area contributed by atoms with Gasteiger partial charge in [-0.15, -0.1) is 0 Å². The summed E-state index contributed by atoms with van der Waals surface area (Å²) in [6.07, 6.45) is -4.93. The first-order valence-electron chi connectivity index (χ1n) is 6.31. The maximum atomic E-state index is 12.2. The second-order valence-electron chi connectivity index (χ2n) is 4.63. The SMILES string of the molecule is Cc1cc(C)nc(Nc2cccc(NC(=O)C(F)(F)F)c2)n1. The van der Waals surface area contributed by atoms with E-state index < -0.39 is 12.1 Å². The second-order valence-corrected chi connectivity index (χ2v) is 4.63. The van der Waals surface area contributed by atoms with E-state index in [1.54, 1.807) is 31.3 Å². The summed E-state index contributed by atoms with van der Waals surface area (Å²) in [7, 11) is 0. The molecule has 0 atom stereocenters. The summed E-state index contributed by atoms with van der Waals surface area (Å²) >= 11 is 0. The van der Waals surface area contributed by atoms with Gasteiger partial charge in [-0.05, 0) is 38.1 Å².